The molecule has 0 aliphatic carbocycles. The summed E-state index contributed by atoms with van der Waals surface area (Å²) in [4.78, 5) is 0. The van der Waals surface area contributed by atoms with Crippen molar-refractivity contribution in [3.05, 3.63) is 0 Å². The molecule has 1 rings (SSSR count). The molecule has 1 aliphatic heterocycles. The molecule has 3 nitrogen and oxygen atoms in total. The molecule has 1 heterocycles. The highest BCUT2D eigenvalue weighted by Gasteiger charge is 2.58. The number of hydrogen-bond acceptors (Lipinski definition) is 3. The summed E-state index contributed by atoms with van der Waals surface area (Å²) in [7, 11) is 3.19. The minimum atomic E-state index is -2.20. The molecule has 1 unspecified atom stereocenters. The molecule has 4 heteroatoms. The van der Waals surface area contributed by atoms with Gasteiger partial charge in [-0.25, -0.2) is 0 Å². The van der Waals surface area contributed by atoms with Gasteiger partial charge in [-0.2, -0.15) is 0 Å². The maximum Gasteiger partial charge on any atom is 0.370 e. The fourth-order valence-electron chi connectivity index (χ4n) is 3.10. The smallest absolute Gasteiger partial charge is 0.370 e. The van der Waals surface area contributed by atoms with E-state index in [0.717, 1.165) is 18.9 Å². The summed E-state index contributed by atoms with van der Waals surface area (Å²) < 4.78 is 17.6. The molecule has 0 aromatic heterocycles. The first-order chi connectivity index (χ1) is 7.56. The molecular weight excluding hydrogens is 220 g/mol. The Labute approximate surface area is 101 Å². The normalized spacial score (nSPS) is 29.6. The van der Waals surface area contributed by atoms with Crippen molar-refractivity contribution >= 4 is 8.56 Å². The number of ether oxygens (including phenoxy) is 1. The van der Waals surface area contributed by atoms with Crippen LogP contribution in [0.5, 0.6) is 0 Å². The van der Waals surface area contributed by atoms with Gasteiger partial charge in [-0.05, 0) is 24.8 Å². The van der Waals surface area contributed by atoms with E-state index in [-0.39, 0.29) is 5.22 Å². The summed E-state index contributed by atoms with van der Waals surface area (Å²) in [6.07, 6.45) is 4.55. The van der Waals surface area contributed by atoms with Crippen molar-refractivity contribution < 1.29 is 13.6 Å². The lowest BCUT2D eigenvalue weighted by Gasteiger charge is -2.48. The highest BCUT2D eigenvalue weighted by Crippen LogP contribution is 2.43. The van der Waals surface area contributed by atoms with Crippen LogP contribution in [0, 0.1) is 5.92 Å². The number of rotatable bonds is 5. The zero-order valence-corrected chi connectivity index (χ0v) is 12.3. The first kappa shape index (κ1) is 14.2. The van der Waals surface area contributed by atoms with Crippen LogP contribution in [0.15, 0.2) is 0 Å². The Bertz CT molecular complexity index is 216. The van der Waals surface area contributed by atoms with Gasteiger partial charge in [0.25, 0.3) is 0 Å². The first-order valence-electron chi connectivity index (χ1n) is 6.21. The van der Waals surface area contributed by atoms with Crippen LogP contribution in [-0.2, 0) is 13.6 Å². The average Bonchev–Trinajstić information content (AvgIpc) is 2.29. The highest BCUT2D eigenvalue weighted by molar-refractivity contribution is 6.70. The van der Waals surface area contributed by atoms with Crippen LogP contribution < -0.4 is 0 Å². The molecule has 1 aliphatic rings. The average molecular weight is 246 g/mol. The third-order valence-corrected chi connectivity index (χ3v) is 8.20. The summed E-state index contributed by atoms with van der Waals surface area (Å²) in [6.45, 7) is 4.47. The second-order valence-electron chi connectivity index (χ2n) is 5.16. The van der Waals surface area contributed by atoms with Gasteiger partial charge in [0.15, 0.2) is 0 Å². The zero-order valence-electron chi connectivity index (χ0n) is 11.3. The Hall–Kier alpha value is 0.0969. The summed E-state index contributed by atoms with van der Waals surface area (Å²) in [6, 6.07) is 1.06. The van der Waals surface area contributed by atoms with Crippen LogP contribution in [0.1, 0.15) is 39.5 Å². The van der Waals surface area contributed by atoms with Gasteiger partial charge < -0.3 is 13.6 Å². The SMILES string of the molecule is COC1(CC(C)C)CCCC[Si]1(OC)OC. The summed E-state index contributed by atoms with van der Waals surface area (Å²) in [5.41, 5.74) is 0. The van der Waals surface area contributed by atoms with Gasteiger partial charge >= 0.3 is 8.56 Å². The Morgan fingerprint density at radius 3 is 2.19 bits per heavy atom. The van der Waals surface area contributed by atoms with E-state index in [4.69, 9.17) is 13.6 Å². The Balaban J connectivity index is 2.99. The highest BCUT2D eigenvalue weighted by atomic mass is 28.4. The molecule has 0 aromatic carbocycles. The topological polar surface area (TPSA) is 27.7 Å². The quantitative estimate of drug-likeness (QED) is 0.698. The molecule has 0 N–H and O–H groups in total. The lowest BCUT2D eigenvalue weighted by Crippen LogP contribution is -2.65. The number of methoxy groups -OCH3 is 1. The largest absolute Gasteiger partial charge is 0.396 e. The Morgan fingerprint density at radius 1 is 1.12 bits per heavy atom. The molecule has 0 aromatic rings. The van der Waals surface area contributed by atoms with Crippen LogP contribution in [0.4, 0.5) is 0 Å². The molecule has 0 saturated carbocycles. The van der Waals surface area contributed by atoms with Crippen LogP contribution in [-0.4, -0.2) is 35.1 Å². The van der Waals surface area contributed by atoms with E-state index in [9.17, 15) is 0 Å². The summed E-state index contributed by atoms with van der Waals surface area (Å²) in [5, 5.41) is -0.150. The molecule has 0 bridgehead atoms. The van der Waals surface area contributed by atoms with E-state index in [1.165, 1.54) is 12.8 Å². The van der Waals surface area contributed by atoms with E-state index in [1.807, 2.05) is 7.11 Å². The molecular formula is C12H26O3Si. The van der Waals surface area contributed by atoms with Crippen molar-refractivity contribution in [1.29, 1.82) is 0 Å². The number of hydrogen-bond donors (Lipinski definition) is 0. The molecule has 0 radical (unpaired) electrons. The van der Waals surface area contributed by atoms with Crippen molar-refractivity contribution in [3.8, 4) is 0 Å². The van der Waals surface area contributed by atoms with Crippen molar-refractivity contribution in [2.24, 2.45) is 5.92 Å². The van der Waals surface area contributed by atoms with E-state index in [1.54, 1.807) is 14.2 Å². The second-order valence-corrected chi connectivity index (χ2v) is 8.90. The van der Waals surface area contributed by atoms with E-state index in [2.05, 4.69) is 13.8 Å². The van der Waals surface area contributed by atoms with Crippen molar-refractivity contribution in [1.82, 2.24) is 0 Å². The predicted octanol–water partition coefficient (Wildman–Crippen LogP) is 2.88. The molecule has 1 saturated heterocycles. The van der Waals surface area contributed by atoms with Gasteiger partial charge in [0.2, 0.25) is 0 Å². The summed E-state index contributed by atoms with van der Waals surface area (Å²) >= 11 is 0. The summed E-state index contributed by atoms with van der Waals surface area (Å²) in [5.74, 6) is 0.607. The maximum atomic E-state index is 5.90. The third-order valence-electron chi connectivity index (χ3n) is 3.82. The molecule has 1 fully saturated rings. The van der Waals surface area contributed by atoms with E-state index in [0.29, 0.717) is 5.92 Å². The minimum Gasteiger partial charge on any atom is -0.396 e. The van der Waals surface area contributed by atoms with E-state index < -0.39 is 8.56 Å². The zero-order chi connectivity index (χ0) is 12.2. The van der Waals surface area contributed by atoms with Gasteiger partial charge in [0.1, 0.15) is 5.22 Å². The monoisotopic (exact) mass is 246 g/mol. The van der Waals surface area contributed by atoms with Gasteiger partial charge in [0, 0.05) is 21.3 Å². The van der Waals surface area contributed by atoms with Crippen molar-refractivity contribution in [2.45, 2.75) is 50.8 Å². The van der Waals surface area contributed by atoms with Gasteiger partial charge in [-0.3, -0.25) is 0 Å². The first-order valence-corrected chi connectivity index (χ1v) is 8.23. The molecule has 0 spiro atoms. The standard InChI is InChI=1S/C12H26O3Si/c1-11(2)10-12(13-3)8-6-7-9-16(12,14-4)15-5/h11H,6-10H2,1-5H3. The van der Waals surface area contributed by atoms with Crippen LogP contribution in [0.2, 0.25) is 6.04 Å². The molecule has 16 heavy (non-hydrogen) atoms. The fraction of sp³-hybridized carbons (Fsp3) is 1.00. The lowest BCUT2D eigenvalue weighted by atomic mass is 10.00. The lowest BCUT2D eigenvalue weighted by molar-refractivity contribution is -0.0221. The van der Waals surface area contributed by atoms with Gasteiger partial charge in [-0.15, -0.1) is 0 Å². The van der Waals surface area contributed by atoms with Crippen LogP contribution in [0.25, 0.3) is 0 Å². The van der Waals surface area contributed by atoms with Gasteiger partial charge in [-0.1, -0.05) is 26.7 Å². The fourth-order valence-corrected chi connectivity index (χ4v) is 7.18. The Morgan fingerprint density at radius 2 is 1.75 bits per heavy atom. The predicted molar refractivity (Wildman–Crippen MR) is 67.6 cm³/mol. The minimum absolute atomic E-state index is 0.150. The molecule has 96 valence electrons. The van der Waals surface area contributed by atoms with Gasteiger partial charge in [0.05, 0.1) is 0 Å². The molecule has 1 atom stereocenters. The third kappa shape index (κ3) is 2.35. The Kier molecular flexibility index (Phi) is 4.98. The maximum absolute atomic E-state index is 5.90. The van der Waals surface area contributed by atoms with Crippen molar-refractivity contribution in [3.63, 3.8) is 0 Å². The van der Waals surface area contributed by atoms with E-state index >= 15 is 0 Å². The van der Waals surface area contributed by atoms with Crippen LogP contribution in [0.3, 0.4) is 0 Å². The second kappa shape index (κ2) is 5.62. The van der Waals surface area contributed by atoms with Crippen LogP contribution >= 0.6 is 0 Å². The molecule has 0 amide bonds. The van der Waals surface area contributed by atoms with Crippen molar-refractivity contribution in [2.75, 3.05) is 21.3 Å².